The number of carbonyl (C=O) groups is 1. The smallest absolute Gasteiger partial charge is 0.338 e. The van der Waals surface area contributed by atoms with E-state index in [-0.39, 0.29) is 12.2 Å². The third-order valence-electron chi connectivity index (χ3n) is 6.78. The molecule has 5 rings (SSSR count). The van der Waals surface area contributed by atoms with E-state index >= 15 is 0 Å². The van der Waals surface area contributed by atoms with Gasteiger partial charge in [-0.1, -0.05) is 77.9 Å². The van der Waals surface area contributed by atoms with E-state index in [1.165, 1.54) is 18.4 Å². The molecular formula is C32H27Cl2IN2O5S. The molecule has 0 N–H and O–H groups in total. The van der Waals surface area contributed by atoms with Crippen LogP contribution in [0.5, 0.6) is 11.5 Å². The average Bonchev–Trinajstić information content (AvgIpc) is 3.30. The Labute approximate surface area is 276 Å². The Balaban J connectivity index is 1.59. The molecule has 3 aromatic carbocycles. The Kier molecular flexibility index (Phi) is 9.95. The molecule has 1 atom stereocenters. The second kappa shape index (κ2) is 13.7. The summed E-state index contributed by atoms with van der Waals surface area (Å²) in [5.74, 6) is 0.614. The van der Waals surface area contributed by atoms with Gasteiger partial charge in [-0.25, -0.2) is 9.79 Å². The largest absolute Gasteiger partial charge is 0.490 e. The van der Waals surface area contributed by atoms with Crippen molar-refractivity contribution in [2.45, 2.75) is 32.9 Å². The Morgan fingerprint density at radius 2 is 1.86 bits per heavy atom. The topological polar surface area (TPSA) is 79.1 Å². The van der Waals surface area contributed by atoms with E-state index in [1.807, 2.05) is 68.5 Å². The lowest BCUT2D eigenvalue weighted by molar-refractivity contribution is -0.136. The lowest BCUT2D eigenvalue weighted by atomic mass is 9.95. The number of hydrogen-bond acceptors (Lipinski definition) is 7. The number of rotatable bonds is 9. The molecule has 2 heterocycles. The molecule has 0 spiro atoms. The van der Waals surface area contributed by atoms with Gasteiger partial charge in [-0.3, -0.25) is 9.36 Å². The number of aromatic nitrogens is 1. The van der Waals surface area contributed by atoms with E-state index < -0.39 is 12.0 Å². The van der Waals surface area contributed by atoms with Gasteiger partial charge in [0, 0.05) is 15.6 Å². The summed E-state index contributed by atoms with van der Waals surface area (Å²) in [4.78, 5) is 32.2. The van der Waals surface area contributed by atoms with Crippen LogP contribution in [-0.4, -0.2) is 24.3 Å². The van der Waals surface area contributed by atoms with Gasteiger partial charge in [0.05, 0.1) is 39.1 Å². The highest BCUT2D eigenvalue weighted by Crippen LogP contribution is 2.36. The van der Waals surface area contributed by atoms with Crippen LogP contribution in [0, 0.1) is 3.57 Å². The molecule has 0 unspecified atom stereocenters. The van der Waals surface area contributed by atoms with Gasteiger partial charge in [0.2, 0.25) is 0 Å². The summed E-state index contributed by atoms with van der Waals surface area (Å²) in [6.07, 6.45) is 2.32. The van der Waals surface area contributed by atoms with Gasteiger partial charge in [0.25, 0.3) is 5.56 Å². The summed E-state index contributed by atoms with van der Waals surface area (Å²) < 4.78 is 20.1. The number of halogens is 3. The summed E-state index contributed by atoms with van der Waals surface area (Å²) in [6.45, 7) is 4.48. The minimum Gasteiger partial charge on any atom is -0.490 e. The van der Waals surface area contributed by atoms with Crippen LogP contribution in [0.3, 0.4) is 0 Å². The summed E-state index contributed by atoms with van der Waals surface area (Å²) in [6, 6.07) is 17.8. The third kappa shape index (κ3) is 6.55. The summed E-state index contributed by atoms with van der Waals surface area (Å²) >= 11 is 15.8. The van der Waals surface area contributed by atoms with E-state index in [0.29, 0.717) is 55.2 Å². The molecule has 0 saturated heterocycles. The lowest BCUT2D eigenvalue weighted by Gasteiger charge is -2.25. The maximum atomic E-state index is 14.0. The minimum absolute atomic E-state index is 0.228. The van der Waals surface area contributed by atoms with Crippen molar-refractivity contribution in [1.82, 2.24) is 4.57 Å². The first-order valence-corrected chi connectivity index (χ1v) is 16.1. The number of carbonyl (C=O) groups excluding carboxylic acids is 1. The highest BCUT2D eigenvalue weighted by atomic mass is 127. The average molecular weight is 749 g/mol. The van der Waals surface area contributed by atoms with Gasteiger partial charge in [0.15, 0.2) is 16.3 Å². The Bertz CT molecular complexity index is 1900. The Morgan fingerprint density at radius 1 is 1.09 bits per heavy atom. The van der Waals surface area contributed by atoms with Crippen LogP contribution < -0.4 is 24.4 Å². The molecule has 0 amide bonds. The summed E-state index contributed by atoms with van der Waals surface area (Å²) in [5.41, 5.74) is 3.07. The first-order chi connectivity index (χ1) is 20.7. The molecular weight excluding hydrogens is 722 g/mol. The van der Waals surface area contributed by atoms with Crippen molar-refractivity contribution < 1.29 is 19.0 Å². The maximum absolute atomic E-state index is 14.0. The molecule has 43 heavy (non-hydrogen) atoms. The number of ether oxygens (including phenoxy) is 3. The van der Waals surface area contributed by atoms with Gasteiger partial charge < -0.3 is 14.2 Å². The molecule has 11 heteroatoms. The van der Waals surface area contributed by atoms with Crippen molar-refractivity contribution in [3.05, 3.63) is 122 Å². The predicted octanol–water partition coefficient (Wildman–Crippen LogP) is 6.69. The first-order valence-electron chi connectivity index (χ1n) is 13.5. The fourth-order valence-corrected chi connectivity index (χ4v) is 7.09. The molecule has 0 saturated carbocycles. The number of thiazole rings is 1. The van der Waals surface area contributed by atoms with Gasteiger partial charge in [-0.15, -0.1) is 0 Å². The van der Waals surface area contributed by atoms with Crippen LogP contribution in [0.1, 0.15) is 43.0 Å². The van der Waals surface area contributed by atoms with E-state index in [1.54, 1.807) is 16.7 Å². The van der Waals surface area contributed by atoms with E-state index in [2.05, 4.69) is 22.6 Å². The molecule has 0 aliphatic carbocycles. The lowest BCUT2D eigenvalue weighted by Crippen LogP contribution is -2.40. The van der Waals surface area contributed by atoms with Crippen LogP contribution >= 0.6 is 57.1 Å². The van der Waals surface area contributed by atoms with Gasteiger partial charge >= 0.3 is 5.97 Å². The molecule has 1 aromatic heterocycles. The van der Waals surface area contributed by atoms with Crippen molar-refractivity contribution in [2.24, 2.45) is 4.99 Å². The number of benzene rings is 3. The molecule has 0 bridgehead atoms. The maximum Gasteiger partial charge on any atom is 0.338 e. The zero-order valence-electron chi connectivity index (χ0n) is 23.5. The van der Waals surface area contributed by atoms with Crippen LogP contribution in [0.15, 0.2) is 81.7 Å². The second-order valence-electron chi connectivity index (χ2n) is 9.49. The van der Waals surface area contributed by atoms with E-state index in [0.717, 1.165) is 20.3 Å². The molecule has 0 fully saturated rings. The van der Waals surface area contributed by atoms with Crippen LogP contribution in [0.4, 0.5) is 0 Å². The fourth-order valence-electron chi connectivity index (χ4n) is 4.83. The van der Waals surface area contributed by atoms with Crippen molar-refractivity contribution in [2.75, 3.05) is 13.7 Å². The third-order valence-corrected chi connectivity index (χ3v) is 9.15. The standard InChI is InChI=1S/C32H27Cl2IN2O5S/c1-4-24-27(31(39)40-3)28(19-9-7-6-8-10-19)37-30(38)26(43-32(37)36-24)15-18-13-23(35)29(25(14-18)41-5-2)42-17-20-11-12-21(33)16-22(20)34/h6-16,28H,4-5,17H2,1-3H3/b26-15+/t28-/m0/s1. The monoisotopic (exact) mass is 748 g/mol. The molecule has 222 valence electrons. The molecule has 7 nitrogen and oxygen atoms in total. The number of nitrogens with zero attached hydrogens (tertiary/aromatic N) is 2. The number of fused-ring (bicyclic) bond motifs is 1. The predicted molar refractivity (Wildman–Crippen MR) is 178 cm³/mol. The number of esters is 1. The minimum atomic E-state index is -0.656. The summed E-state index contributed by atoms with van der Waals surface area (Å²) in [5, 5.41) is 1.07. The molecule has 1 aliphatic heterocycles. The SMILES string of the molecule is CCOc1cc(/C=c2/sc3n(c2=O)[C@@H](c2ccccc2)C(C(=O)OC)=C(CC)N=3)cc(I)c1OCc1ccc(Cl)cc1Cl. The molecule has 4 aromatic rings. The highest BCUT2D eigenvalue weighted by Gasteiger charge is 2.33. The fraction of sp³-hybridized carbons (Fsp3) is 0.219. The first kappa shape index (κ1) is 31.3. The van der Waals surface area contributed by atoms with Crippen molar-refractivity contribution >= 4 is 69.2 Å². The van der Waals surface area contributed by atoms with Crippen LogP contribution in [-0.2, 0) is 16.1 Å². The zero-order valence-corrected chi connectivity index (χ0v) is 28.0. The Morgan fingerprint density at radius 3 is 2.53 bits per heavy atom. The Hall–Kier alpha value is -3.12. The summed E-state index contributed by atoms with van der Waals surface area (Å²) in [7, 11) is 1.34. The molecule has 0 radical (unpaired) electrons. The van der Waals surface area contributed by atoms with Crippen molar-refractivity contribution in [3.8, 4) is 11.5 Å². The van der Waals surface area contributed by atoms with Crippen LogP contribution in [0.25, 0.3) is 6.08 Å². The van der Waals surface area contributed by atoms with Crippen molar-refractivity contribution in [1.29, 1.82) is 0 Å². The molecule has 1 aliphatic rings. The second-order valence-corrected chi connectivity index (χ2v) is 12.5. The number of allylic oxidation sites excluding steroid dienone is 1. The van der Waals surface area contributed by atoms with Gasteiger partial charge in [-0.05, 0) is 77.4 Å². The van der Waals surface area contributed by atoms with Crippen molar-refractivity contribution in [3.63, 3.8) is 0 Å². The number of methoxy groups -OCH3 is 1. The quantitative estimate of drug-likeness (QED) is 0.141. The van der Waals surface area contributed by atoms with Gasteiger partial charge in [-0.2, -0.15) is 0 Å². The van der Waals surface area contributed by atoms with Crippen LogP contribution in [0.2, 0.25) is 10.0 Å². The highest BCUT2D eigenvalue weighted by molar-refractivity contribution is 14.1. The van der Waals surface area contributed by atoms with E-state index in [4.69, 9.17) is 42.4 Å². The normalized spacial score (nSPS) is 14.7. The van der Waals surface area contributed by atoms with E-state index in [9.17, 15) is 9.59 Å². The zero-order chi connectivity index (χ0) is 30.7. The number of hydrogen-bond donors (Lipinski definition) is 0. The van der Waals surface area contributed by atoms with Gasteiger partial charge in [0.1, 0.15) is 6.61 Å².